The van der Waals surface area contributed by atoms with Crippen LogP contribution in [-0.2, 0) is 9.53 Å². The van der Waals surface area contributed by atoms with Gasteiger partial charge in [-0.3, -0.25) is 0 Å². The fourth-order valence-corrected chi connectivity index (χ4v) is 4.55. The number of nitrogens with two attached hydrogens (primary N) is 1. The van der Waals surface area contributed by atoms with Crippen molar-refractivity contribution in [2.75, 3.05) is 23.8 Å². The molecule has 0 atom stereocenters. The zero-order chi connectivity index (χ0) is 12.3. The zero-order valence-electron chi connectivity index (χ0n) is 9.13. The van der Waals surface area contributed by atoms with Gasteiger partial charge < -0.3 is 10.5 Å². The number of carbonyl (C=O) groups excluding carboxylic acids is 1. The van der Waals surface area contributed by atoms with E-state index in [4.69, 9.17) is 10.5 Å². The summed E-state index contributed by atoms with van der Waals surface area (Å²) in [4.78, 5) is 11.9. The maximum absolute atomic E-state index is 11.9. The molecule has 1 aliphatic heterocycles. The maximum Gasteiger partial charge on any atom is 0.342 e. The van der Waals surface area contributed by atoms with E-state index in [0.29, 0.717) is 22.3 Å². The molecule has 1 fully saturated rings. The van der Waals surface area contributed by atoms with Crippen LogP contribution in [0.1, 0.15) is 11.9 Å². The van der Waals surface area contributed by atoms with Crippen molar-refractivity contribution in [3.63, 3.8) is 0 Å². The number of nitrogens with zero attached hydrogens (tertiary/aromatic N) is 2. The van der Waals surface area contributed by atoms with Crippen molar-refractivity contribution < 1.29 is 9.53 Å². The van der Waals surface area contributed by atoms with E-state index in [1.54, 1.807) is 30.4 Å². The van der Waals surface area contributed by atoms with Gasteiger partial charge in [-0.15, -0.1) is 33.7 Å². The summed E-state index contributed by atoms with van der Waals surface area (Å²) in [7, 11) is 0. The van der Waals surface area contributed by atoms with E-state index < -0.39 is 0 Å². The largest absolute Gasteiger partial charge is 0.462 e. The first-order valence-electron chi connectivity index (χ1n) is 4.98. The first kappa shape index (κ1) is 12.7. The number of hydrogen-bond acceptors (Lipinski definition) is 8. The summed E-state index contributed by atoms with van der Waals surface area (Å²) < 4.78 is 6.01. The Bertz CT molecular complexity index is 450. The first-order valence-corrected chi connectivity index (χ1v) is 7.77. The highest BCUT2D eigenvalue weighted by molar-refractivity contribution is 8.25. The Morgan fingerprint density at radius 2 is 2.12 bits per heavy atom. The number of thioether (sulfide) groups is 2. The molecule has 1 aromatic rings. The molecule has 0 spiro atoms. The van der Waals surface area contributed by atoms with Gasteiger partial charge in [-0.25, -0.2) is 4.79 Å². The molecule has 0 bridgehead atoms. The van der Waals surface area contributed by atoms with Crippen molar-refractivity contribution >= 4 is 51.5 Å². The Morgan fingerprint density at radius 3 is 2.65 bits per heavy atom. The molecule has 92 valence electrons. The van der Waals surface area contributed by atoms with Crippen molar-refractivity contribution in [3.05, 3.63) is 9.24 Å². The third kappa shape index (κ3) is 2.93. The van der Waals surface area contributed by atoms with Gasteiger partial charge in [0.25, 0.3) is 0 Å². The highest BCUT2D eigenvalue weighted by Crippen LogP contribution is 2.42. The highest BCUT2D eigenvalue weighted by Gasteiger charge is 2.25. The minimum atomic E-state index is -0.347. The molecule has 0 aromatic carbocycles. The summed E-state index contributed by atoms with van der Waals surface area (Å²) in [6.07, 6.45) is 0. The van der Waals surface area contributed by atoms with Gasteiger partial charge in [0, 0.05) is 11.5 Å². The predicted octanol–water partition coefficient (Wildman–Crippen LogP) is 1.83. The standard InChI is InChI=1S/C9H11N3O2S3/c1-2-14-7(13)5(8-15-3-4-16-8)6-11-12-9(10)17-6/h2-4H2,1H3,(H2,10,12). The van der Waals surface area contributed by atoms with E-state index in [1.807, 2.05) is 0 Å². The lowest BCUT2D eigenvalue weighted by molar-refractivity contribution is -0.136. The quantitative estimate of drug-likeness (QED) is 0.671. The second-order valence-electron chi connectivity index (χ2n) is 3.03. The van der Waals surface area contributed by atoms with Crippen molar-refractivity contribution in [2.45, 2.75) is 6.92 Å². The molecular weight excluding hydrogens is 278 g/mol. The Labute approximate surface area is 111 Å². The Hall–Kier alpha value is -0.730. The lowest BCUT2D eigenvalue weighted by Crippen LogP contribution is -2.07. The van der Waals surface area contributed by atoms with Crippen LogP contribution < -0.4 is 5.73 Å². The molecule has 0 aliphatic carbocycles. The van der Waals surface area contributed by atoms with Gasteiger partial charge in [-0.05, 0) is 6.92 Å². The normalized spacial score (nSPS) is 15.0. The summed E-state index contributed by atoms with van der Waals surface area (Å²) in [6, 6.07) is 0. The van der Waals surface area contributed by atoms with Crippen LogP contribution >= 0.6 is 34.9 Å². The Morgan fingerprint density at radius 1 is 1.41 bits per heavy atom. The molecule has 2 heterocycles. The molecule has 5 nitrogen and oxygen atoms in total. The predicted molar refractivity (Wildman–Crippen MR) is 72.8 cm³/mol. The average molecular weight is 289 g/mol. The molecule has 8 heteroatoms. The Balaban J connectivity index is 2.37. The summed E-state index contributed by atoms with van der Waals surface area (Å²) in [5.74, 6) is 1.65. The summed E-state index contributed by atoms with van der Waals surface area (Å²) in [5.41, 5.74) is 6.05. The van der Waals surface area contributed by atoms with Crippen LogP contribution in [0.4, 0.5) is 5.13 Å². The number of hydrogen-bond donors (Lipinski definition) is 1. The van der Waals surface area contributed by atoms with Gasteiger partial charge in [0.2, 0.25) is 5.13 Å². The van der Waals surface area contributed by atoms with Gasteiger partial charge in [-0.2, -0.15) is 0 Å². The Kier molecular flexibility index (Phi) is 4.30. The fourth-order valence-electron chi connectivity index (χ4n) is 1.25. The van der Waals surface area contributed by atoms with Crippen LogP contribution in [0.15, 0.2) is 4.24 Å². The molecule has 0 unspecified atom stereocenters. The molecule has 1 aliphatic rings. The summed E-state index contributed by atoms with van der Waals surface area (Å²) in [6.45, 7) is 2.13. The second-order valence-corrected chi connectivity index (χ2v) is 6.50. The van der Waals surface area contributed by atoms with Gasteiger partial charge >= 0.3 is 5.97 Å². The molecular formula is C9H11N3O2S3. The van der Waals surface area contributed by atoms with Crippen LogP contribution in [0.25, 0.3) is 5.57 Å². The van der Waals surface area contributed by atoms with E-state index in [2.05, 4.69) is 10.2 Å². The second kappa shape index (κ2) is 5.74. The lowest BCUT2D eigenvalue weighted by atomic mass is 10.3. The van der Waals surface area contributed by atoms with Gasteiger partial charge in [-0.1, -0.05) is 11.3 Å². The van der Waals surface area contributed by atoms with Crippen molar-refractivity contribution in [1.29, 1.82) is 0 Å². The molecule has 2 N–H and O–H groups in total. The number of carbonyl (C=O) groups is 1. The topological polar surface area (TPSA) is 78.1 Å². The number of nitrogen functional groups attached to an aromatic ring is 1. The lowest BCUT2D eigenvalue weighted by Gasteiger charge is -2.05. The number of aromatic nitrogens is 2. The van der Waals surface area contributed by atoms with Crippen LogP contribution in [-0.4, -0.2) is 34.3 Å². The first-order chi connectivity index (χ1) is 8.22. The van der Waals surface area contributed by atoms with E-state index in [-0.39, 0.29) is 5.97 Å². The highest BCUT2D eigenvalue weighted by atomic mass is 32.2. The van der Waals surface area contributed by atoms with Gasteiger partial charge in [0.05, 0.1) is 10.8 Å². The number of esters is 1. The average Bonchev–Trinajstić information content (AvgIpc) is 2.92. The SMILES string of the molecule is CCOC(=O)C(=C1SCCS1)c1nnc(N)s1. The van der Waals surface area contributed by atoms with Gasteiger partial charge in [0.1, 0.15) is 5.57 Å². The molecule has 1 saturated heterocycles. The zero-order valence-corrected chi connectivity index (χ0v) is 11.6. The van der Waals surface area contributed by atoms with Crippen LogP contribution in [0.5, 0.6) is 0 Å². The minimum Gasteiger partial charge on any atom is -0.462 e. The molecule has 0 saturated carbocycles. The summed E-state index contributed by atoms with van der Waals surface area (Å²) >= 11 is 4.50. The third-order valence-electron chi connectivity index (χ3n) is 1.89. The number of anilines is 1. The van der Waals surface area contributed by atoms with Crippen molar-refractivity contribution in [1.82, 2.24) is 10.2 Å². The molecule has 17 heavy (non-hydrogen) atoms. The van der Waals surface area contributed by atoms with Crippen molar-refractivity contribution in [2.24, 2.45) is 0 Å². The van der Waals surface area contributed by atoms with E-state index in [9.17, 15) is 4.79 Å². The smallest absolute Gasteiger partial charge is 0.342 e. The molecule has 2 rings (SSSR count). The van der Waals surface area contributed by atoms with E-state index >= 15 is 0 Å². The molecule has 0 radical (unpaired) electrons. The fraction of sp³-hybridized carbons (Fsp3) is 0.444. The van der Waals surface area contributed by atoms with Gasteiger partial charge in [0.15, 0.2) is 5.01 Å². The van der Waals surface area contributed by atoms with Crippen molar-refractivity contribution in [3.8, 4) is 0 Å². The van der Waals surface area contributed by atoms with Crippen LogP contribution in [0.3, 0.4) is 0 Å². The monoisotopic (exact) mass is 289 g/mol. The van der Waals surface area contributed by atoms with Crippen LogP contribution in [0.2, 0.25) is 0 Å². The maximum atomic E-state index is 11.9. The summed E-state index contributed by atoms with van der Waals surface area (Å²) in [5, 5.41) is 8.56. The number of ether oxygens (including phenoxy) is 1. The minimum absolute atomic E-state index is 0.346. The van der Waals surface area contributed by atoms with Crippen LogP contribution in [0, 0.1) is 0 Å². The third-order valence-corrected chi connectivity index (χ3v) is 5.37. The van der Waals surface area contributed by atoms with E-state index in [0.717, 1.165) is 15.7 Å². The number of rotatable bonds is 3. The van der Waals surface area contributed by atoms with E-state index in [1.165, 1.54) is 11.3 Å². The molecule has 1 aromatic heterocycles. The molecule has 0 amide bonds.